The van der Waals surface area contributed by atoms with Gasteiger partial charge in [0.15, 0.2) is 0 Å². The molecule has 140 valence electrons. The van der Waals surface area contributed by atoms with Crippen molar-refractivity contribution < 1.29 is 9.90 Å². The van der Waals surface area contributed by atoms with Crippen molar-refractivity contribution in [1.29, 1.82) is 0 Å². The molecular weight excluding hydrogens is 338 g/mol. The number of benzene rings is 2. The standard InChI is InChI=1S/C22H25N3O2/c1-16-9-7-8-14-24(16)20(26)15-25-19-13-6-5-12-18(19)23-22(25)21(27)17-10-3-2-4-11-17/h2-6,10-13,16,21,27H,7-9,14-15H2,1H3. The highest BCUT2D eigenvalue weighted by molar-refractivity contribution is 5.81. The summed E-state index contributed by atoms with van der Waals surface area (Å²) in [6, 6.07) is 17.5. The first kappa shape index (κ1) is 17.7. The second-order valence-corrected chi connectivity index (χ2v) is 7.29. The number of aromatic nitrogens is 2. The molecule has 0 saturated carbocycles. The molecule has 1 fully saturated rings. The van der Waals surface area contributed by atoms with Crippen LogP contribution in [0, 0.1) is 0 Å². The third-order valence-electron chi connectivity index (χ3n) is 5.46. The molecule has 5 heteroatoms. The van der Waals surface area contributed by atoms with Gasteiger partial charge in [-0.15, -0.1) is 0 Å². The van der Waals surface area contributed by atoms with Crippen molar-refractivity contribution in [1.82, 2.24) is 14.5 Å². The monoisotopic (exact) mass is 363 g/mol. The quantitative estimate of drug-likeness (QED) is 0.772. The summed E-state index contributed by atoms with van der Waals surface area (Å²) in [7, 11) is 0. The number of carbonyl (C=O) groups is 1. The maximum absolute atomic E-state index is 13.0. The molecule has 3 aromatic rings. The number of para-hydroxylation sites is 2. The number of hydrogen-bond acceptors (Lipinski definition) is 3. The van der Waals surface area contributed by atoms with Crippen LogP contribution < -0.4 is 0 Å². The first-order valence-electron chi connectivity index (χ1n) is 9.63. The Balaban J connectivity index is 1.71. The molecule has 1 N–H and O–H groups in total. The van der Waals surface area contributed by atoms with Crippen molar-refractivity contribution in [2.24, 2.45) is 0 Å². The fourth-order valence-electron chi connectivity index (χ4n) is 3.95. The van der Waals surface area contributed by atoms with Crippen LogP contribution in [0.1, 0.15) is 43.7 Å². The van der Waals surface area contributed by atoms with Crippen LogP contribution in [0.4, 0.5) is 0 Å². The molecule has 1 saturated heterocycles. The van der Waals surface area contributed by atoms with E-state index in [0.717, 1.165) is 36.0 Å². The average molecular weight is 363 g/mol. The van der Waals surface area contributed by atoms with Gasteiger partial charge in [-0.25, -0.2) is 4.98 Å². The Hall–Kier alpha value is -2.66. The van der Waals surface area contributed by atoms with E-state index in [1.54, 1.807) is 0 Å². The summed E-state index contributed by atoms with van der Waals surface area (Å²) in [5.41, 5.74) is 2.44. The van der Waals surface area contributed by atoms with Gasteiger partial charge in [0.25, 0.3) is 0 Å². The lowest BCUT2D eigenvalue weighted by Gasteiger charge is -2.33. The van der Waals surface area contributed by atoms with Gasteiger partial charge in [0.05, 0.1) is 11.0 Å². The lowest BCUT2D eigenvalue weighted by atomic mass is 10.0. The van der Waals surface area contributed by atoms with Gasteiger partial charge in [0, 0.05) is 12.6 Å². The number of likely N-dealkylation sites (tertiary alicyclic amines) is 1. The Morgan fingerprint density at radius 2 is 1.89 bits per heavy atom. The highest BCUT2D eigenvalue weighted by Gasteiger charge is 2.26. The van der Waals surface area contributed by atoms with E-state index in [0.29, 0.717) is 5.82 Å². The Morgan fingerprint density at radius 3 is 2.67 bits per heavy atom. The number of rotatable bonds is 4. The molecule has 0 spiro atoms. The van der Waals surface area contributed by atoms with Crippen LogP contribution in [0.5, 0.6) is 0 Å². The van der Waals surface area contributed by atoms with Gasteiger partial charge in [-0.05, 0) is 43.9 Å². The molecule has 0 bridgehead atoms. The van der Waals surface area contributed by atoms with Crippen molar-refractivity contribution in [3.63, 3.8) is 0 Å². The Bertz CT molecular complexity index is 935. The molecule has 2 atom stereocenters. The summed E-state index contributed by atoms with van der Waals surface area (Å²) in [6.45, 7) is 3.12. The number of carbonyl (C=O) groups excluding carboxylic acids is 1. The number of piperidine rings is 1. The fraction of sp³-hybridized carbons (Fsp3) is 0.364. The molecule has 0 radical (unpaired) electrons. The summed E-state index contributed by atoms with van der Waals surface area (Å²) < 4.78 is 1.87. The van der Waals surface area contributed by atoms with E-state index >= 15 is 0 Å². The van der Waals surface area contributed by atoms with Crippen molar-refractivity contribution in [2.45, 2.75) is 44.9 Å². The number of aliphatic hydroxyl groups is 1. The number of aliphatic hydroxyl groups excluding tert-OH is 1. The molecule has 1 aliphatic rings. The zero-order valence-corrected chi connectivity index (χ0v) is 15.6. The largest absolute Gasteiger partial charge is 0.380 e. The number of fused-ring (bicyclic) bond motifs is 1. The van der Waals surface area contributed by atoms with Gasteiger partial charge in [-0.2, -0.15) is 0 Å². The minimum Gasteiger partial charge on any atom is -0.380 e. The molecule has 1 amide bonds. The Labute approximate surface area is 159 Å². The normalized spacial score (nSPS) is 18.6. The zero-order valence-electron chi connectivity index (χ0n) is 15.6. The zero-order chi connectivity index (χ0) is 18.8. The SMILES string of the molecule is CC1CCCCN1C(=O)Cn1c(C(O)c2ccccc2)nc2ccccc21. The summed E-state index contributed by atoms with van der Waals surface area (Å²) in [6.07, 6.45) is 2.41. The van der Waals surface area contributed by atoms with Gasteiger partial charge < -0.3 is 14.6 Å². The van der Waals surface area contributed by atoms with E-state index in [4.69, 9.17) is 0 Å². The Kier molecular flexibility index (Phi) is 4.94. The van der Waals surface area contributed by atoms with Crippen LogP contribution in [0.25, 0.3) is 11.0 Å². The molecule has 2 heterocycles. The predicted molar refractivity (Wildman–Crippen MR) is 105 cm³/mol. The third-order valence-corrected chi connectivity index (χ3v) is 5.46. The first-order chi connectivity index (χ1) is 13.1. The Morgan fingerprint density at radius 1 is 1.15 bits per heavy atom. The van der Waals surface area contributed by atoms with Crippen LogP contribution in [0.15, 0.2) is 54.6 Å². The summed E-state index contributed by atoms with van der Waals surface area (Å²) in [5.74, 6) is 0.604. The highest BCUT2D eigenvalue weighted by Crippen LogP contribution is 2.26. The van der Waals surface area contributed by atoms with Crippen molar-refractivity contribution in [3.05, 3.63) is 66.0 Å². The van der Waals surface area contributed by atoms with E-state index in [-0.39, 0.29) is 18.5 Å². The van der Waals surface area contributed by atoms with Gasteiger partial charge in [-0.3, -0.25) is 4.79 Å². The minimum atomic E-state index is -0.870. The molecule has 5 nitrogen and oxygen atoms in total. The van der Waals surface area contributed by atoms with Crippen molar-refractivity contribution >= 4 is 16.9 Å². The lowest BCUT2D eigenvalue weighted by molar-refractivity contribution is -0.135. The number of nitrogens with zero attached hydrogens (tertiary/aromatic N) is 3. The van der Waals surface area contributed by atoms with Gasteiger partial charge in [0.1, 0.15) is 18.5 Å². The summed E-state index contributed by atoms with van der Waals surface area (Å²) in [4.78, 5) is 19.6. The summed E-state index contributed by atoms with van der Waals surface area (Å²) >= 11 is 0. The van der Waals surface area contributed by atoms with E-state index in [9.17, 15) is 9.90 Å². The van der Waals surface area contributed by atoms with Crippen molar-refractivity contribution in [3.8, 4) is 0 Å². The molecule has 2 aromatic carbocycles. The van der Waals surface area contributed by atoms with Gasteiger partial charge in [0.2, 0.25) is 5.91 Å². The number of amides is 1. The summed E-state index contributed by atoms with van der Waals surface area (Å²) in [5, 5.41) is 10.9. The number of imidazole rings is 1. The second kappa shape index (κ2) is 7.53. The molecular formula is C22H25N3O2. The second-order valence-electron chi connectivity index (χ2n) is 7.29. The maximum Gasteiger partial charge on any atom is 0.242 e. The van der Waals surface area contributed by atoms with Crippen molar-refractivity contribution in [2.75, 3.05) is 6.54 Å². The smallest absolute Gasteiger partial charge is 0.242 e. The van der Waals surface area contributed by atoms with E-state index < -0.39 is 6.10 Å². The van der Waals surface area contributed by atoms with Crippen LogP contribution >= 0.6 is 0 Å². The van der Waals surface area contributed by atoms with Gasteiger partial charge in [-0.1, -0.05) is 42.5 Å². The molecule has 0 aliphatic carbocycles. The molecule has 4 rings (SSSR count). The molecule has 27 heavy (non-hydrogen) atoms. The fourth-order valence-corrected chi connectivity index (χ4v) is 3.95. The lowest BCUT2D eigenvalue weighted by Crippen LogP contribution is -2.43. The molecule has 2 unspecified atom stereocenters. The first-order valence-corrected chi connectivity index (χ1v) is 9.63. The van der Waals surface area contributed by atoms with Crippen LogP contribution in [-0.4, -0.2) is 38.1 Å². The van der Waals surface area contributed by atoms with Crippen LogP contribution in [-0.2, 0) is 11.3 Å². The predicted octanol–water partition coefficient (Wildman–Crippen LogP) is 3.52. The topological polar surface area (TPSA) is 58.4 Å². The minimum absolute atomic E-state index is 0.0897. The van der Waals surface area contributed by atoms with Gasteiger partial charge >= 0.3 is 0 Å². The van der Waals surface area contributed by atoms with E-state index in [1.165, 1.54) is 6.42 Å². The van der Waals surface area contributed by atoms with E-state index in [2.05, 4.69) is 11.9 Å². The average Bonchev–Trinajstić information content (AvgIpc) is 3.07. The van der Waals surface area contributed by atoms with Crippen LogP contribution in [0.3, 0.4) is 0 Å². The number of hydrogen-bond donors (Lipinski definition) is 1. The third kappa shape index (κ3) is 3.47. The molecule has 1 aliphatic heterocycles. The highest BCUT2D eigenvalue weighted by atomic mass is 16.3. The molecule has 1 aromatic heterocycles. The van der Waals surface area contributed by atoms with E-state index in [1.807, 2.05) is 64.1 Å². The van der Waals surface area contributed by atoms with Crippen LogP contribution in [0.2, 0.25) is 0 Å². The maximum atomic E-state index is 13.0.